The zero-order valence-corrected chi connectivity index (χ0v) is 12.8. The molecular formula is C15H27NO2. The summed E-state index contributed by atoms with van der Waals surface area (Å²) in [6, 6.07) is -0.339. The van der Waals surface area contributed by atoms with E-state index in [9.17, 15) is 9.59 Å². The first kappa shape index (κ1) is 16.9. The van der Waals surface area contributed by atoms with Gasteiger partial charge in [0.25, 0.3) is 0 Å². The number of carbonyl (C=O) groups is 2. The first-order valence-corrected chi connectivity index (χ1v) is 6.55. The smallest absolute Gasteiger partial charge is 0.246 e. The lowest BCUT2D eigenvalue weighted by molar-refractivity contribution is -0.139. The summed E-state index contributed by atoms with van der Waals surface area (Å²) in [6.07, 6.45) is 3.91. The van der Waals surface area contributed by atoms with Gasteiger partial charge in [-0.15, -0.1) is 0 Å². The number of rotatable bonds is 5. The van der Waals surface area contributed by atoms with Gasteiger partial charge < -0.3 is 4.90 Å². The minimum absolute atomic E-state index is 0.110. The highest BCUT2D eigenvalue weighted by molar-refractivity contribution is 5.95. The summed E-state index contributed by atoms with van der Waals surface area (Å²) >= 11 is 0. The van der Waals surface area contributed by atoms with Crippen LogP contribution in [-0.2, 0) is 9.59 Å². The van der Waals surface area contributed by atoms with Gasteiger partial charge in [0.1, 0.15) is 0 Å². The van der Waals surface area contributed by atoms with Crippen LogP contribution in [0, 0.1) is 11.3 Å². The van der Waals surface area contributed by atoms with Crippen LogP contribution >= 0.6 is 0 Å². The second kappa shape index (κ2) is 6.72. The van der Waals surface area contributed by atoms with Crippen LogP contribution in [0.2, 0.25) is 0 Å². The van der Waals surface area contributed by atoms with E-state index < -0.39 is 5.41 Å². The fraction of sp³-hybridized carbons (Fsp3) is 0.733. The molecule has 0 saturated heterocycles. The lowest BCUT2D eigenvalue weighted by Crippen LogP contribution is -2.46. The Labute approximate surface area is 111 Å². The van der Waals surface area contributed by atoms with Crippen LogP contribution in [0.15, 0.2) is 12.2 Å². The van der Waals surface area contributed by atoms with Crippen LogP contribution in [-0.4, -0.2) is 29.7 Å². The largest absolute Gasteiger partial charge is 0.332 e. The third kappa shape index (κ3) is 5.03. The molecule has 0 bridgehead atoms. The molecule has 0 spiro atoms. The zero-order chi connectivity index (χ0) is 14.5. The highest BCUT2D eigenvalue weighted by Gasteiger charge is 2.33. The summed E-state index contributed by atoms with van der Waals surface area (Å²) in [7, 11) is 1.71. The molecule has 3 heteroatoms. The molecule has 1 atom stereocenters. The van der Waals surface area contributed by atoms with E-state index in [1.165, 1.54) is 6.08 Å². The molecule has 0 fully saturated rings. The van der Waals surface area contributed by atoms with E-state index >= 15 is 0 Å². The van der Waals surface area contributed by atoms with E-state index in [1.54, 1.807) is 24.9 Å². The standard InChI is InChI=1S/C15H27NO2/c1-8-9-13(17)16(7)12(10-11(2)3)14(18)15(4,5)6/h8-9,11-12H,10H2,1-7H3/b9-8+/t12-/m1/s1. The zero-order valence-electron chi connectivity index (χ0n) is 12.8. The molecule has 0 aromatic rings. The summed E-state index contributed by atoms with van der Waals surface area (Å²) in [5.41, 5.74) is -0.427. The molecule has 0 aliphatic carbocycles. The average molecular weight is 253 g/mol. The molecule has 0 radical (unpaired) electrons. The van der Waals surface area contributed by atoms with Gasteiger partial charge >= 0.3 is 0 Å². The molecule has 1 amide bonds. The van der Waals surface area contributed by atoms with Crippen molar-refractivity contribution in [2.24, 2.45) is 11.3 Å². The van der Waals surface area contributed by atoms with E-state index in [4.69, 9.17) is 0 Å². The van der Waals surface area contributed by atoms with Gasteiger partial charge in [0.2, 0.25) is 5.91 Å². The molecule has 0 heterocycles. The summed E-state index contributed by atoms with van der Waals surface area (Å²) < 4.78 is 0. The third-order valence-corrected chi connectivity index (χ3v) is 2.86. The lowest BCUT2D eigenvalue weighted by atomic mass is 9.83. The molecule has 0 aliphatic rings. The molecule has 0 aromatic heterocycles. The minimum atomic E-state index is -0.427. The maximum absolute atomic E-state index is 12.4. The Hall–Kier alpha value is -1.12. The van der Waals surface area contributed by atoms with Crippen molar-refractivity contribution < 1.29 is 9.59 Å². The molecule has 0 unspecified atom stereocenters. The van der Waals surface area contributed by atoms with Crippen molar-refractivity contribution in [1.29, 1.82) is 0 Å². The fourth-order valence-corrected chi connectivity index (χ4v) is 1.80. The SMILES string of the molecule is C/C=C/C(=O)N(C)[C@H](CC(C)C)C(=O)C(C)(C)C. The highest BCUT2D eigenvalue weighted by atomic mass is 16.2. The number of likely N-dealkylation sites (N-methyl/N-ethyl adjacent to an activating group) is 1. The first-order valence-electron chi connectivity index (χ1n) is 6.55. The Kier molecular flexibility index (Phi) is 6.30. The van der Waals surface area contributed by atoms with Crippen molar-refractivity contribution in [1.82, 2.24) is 4.90 Å². The normalized spacial score (nSPS) is 14.0. The number of Topliss-reactive ketones (excluding diaryl/α,β-unsaturated/α-hetero) is 1. The Bertz CT molecular complexity index is 324. The van der Waals surface area contributed by atoms with E-state index in [1.807, 2.05) is 20.8 Å². The van der Waals surface area contributed by atoms with Gasteiger partial charge in [0, 0.05) is 12.5 Å². The molecule has 0 saturated carbocycles. The predicted octanol–water partition coefficient (Wildman–Crippen LogP) is 3.05. The van der Waals surface area contributed by atoms with Crippen molar-refractivity contribution >= 4 is 11.7 Å². The Morgan fingerprint density at radius 1 is 1.22 bits per heavy atom. The van der Waals surface area contributed by atoms with Crippen LogP contribution in [0.4, 0.5) is 0 Å². The van der Waals surface area contributed by atoms with Crippen LogP contribution in [0.25, 0.3) is 0 Å². The van der Waals surface area contributed by atoms with E-state index in [-0.39, 0.29) is 17.7 Å². The van der Waals surface area contributed by atoms with Crippen LogP contribution in [0.3, 0.4) is 0 Å². The average Bonchev–Trinajstić information content (AvgIpc) is 2.22. The highest BCUT2D eigenvalue weighted by Crippen LogP contribution is 2.23. The first-order chi connectivity index (χ1) is 8.11. The number of ketones is 1. The minimum Gasteiger partial charge on any atom is -0.332 e. The van der Waals surface area contributed by atoms with Gasteiger partial charge in [-0.1, -0.05) is 40.7 Å². The van der Waals surface area contributed by atoms with Crippen LogP contribution in [0.5, 0.6) is 0 Å². The van der Waals surface area contributed by atoms with Crippen molar-refractivity contribution in [3.05, 3.63) is 12.2 Å². The second-order valence-electron chi connectivity index (χ2n) is 6.21. The van der Waals surface area contributed by atoms with E-state index in [0.29, 0.717) is 12.3 Å². The predicted molar refractivity (Wildman–Crippen MR) is 75.3 cm³/mol. The van der Waals surface area contributed by atoms with Gasteiger partial charge in [-0.25, -0.2) is 0 Å². The van der Waals surface area contributed by atoms with Crippen LogP contribution in [0.1, 0.15) is 48.0 Å². The monoisotopic (exact) mass is 253 g/mol. The van der Waals surface area contributed by atoms with Gasteiger partial charge in [0.05, 0.1) is 6.04 Å². The number of allylic oxidation sites excluding steroid dienone is 1. The topological polar surface area (TPSA) is 37.4 Å². The van der Waals surface area contributed by atoms with E-state index in [2.05, 4.69) is 13.8 Å². The molecule has 18 heavy (non-hydrogen) atoms. The van der Waals surface area contributed by atoms with Gasteiger partial charge in [0.15, 0.2) is 5.78 Å². The Morgan fingerprint density at radius 3 is 2.06 bits per heavy atom. The fourth-order valence-electron chi connectivity index (χ4n) is 1.80. The molecule has 3 nitrogen and oxygen atoms in total. The van der Waals surface area contributed by atoms with Crippen LogP contribution < -0.4 is 0 Å². The number of hydrogen-bond acceptors (Lipinski definition) is 2. The van der Waals surface area contributed by atoms with Crippen molar-refractivity contribution in [3.8, 4) is 0 Å². The lowest BCUT2D eigenvalue weighted by Gasteiger charge is -2.32. The summed E-state index contributed by atoms with van der Waals surface area (Å²) in [5.74, 6) is 0.388. The molecule has 0 aliphatic heterocycles. The quantitative estimate of drug-likeness (QED) is 0.706. The number of nitrogens with zero attached hydrogens (tertiary/aromatic N) is 1. The summed E-state index contributed by atoms with van der Waals surface area (Å²) in [6.45, 7) is 11.6. The summed E-state index contributed by atoms with van der Waals surface area (Å²) in [4.78, 5) is 25.9. The number of hydrogen-bond donors (Lipinski definition) is 0. The number of carbonyl (C=O) groups excluding carboxylic acids is 2. The van der Waals surface area contributed by atoms with Gasteiger partial charge in [-0.05, 0) is 25.3 Å². The second-order valence-corrected chi connectivity index (χ2v) is 6.21. The van der Waals surface area contributed by atoms with Crippen molar-refractivity contribution in [2.75, 3.05) is 7.05 Å². The van der Waals surface area contributed by atoms with Crippen molar-refractivity contribution in [2.45, 2.75) is 54.0 Å². The van der Waals surface area contributed by atoms with E-state index in [0.717, 1.165) is 0 Å². The van der Waals surface area contributed by atoms with Crippen molar-refractivity contribution in [3.63, 3.8) is 0 Å². The van der Waals surface area contributed by atoms with Gasteiger partial charge in [-0.2, -0.15) is 0 Å². The Balaban J connectivity index is 5.11. The molecule has 0 aromatic carbocycles. The van der Waals surface area contributed by atoms with Gasteiger partial charge in [-0.3, -0.25) is 9.59 Å². The summed E-state index contributed by atoms with van der Waals surface area (Å²) in [5, 5.41) is 0. The molecule has 104 valence electrons. The molecule has 0 N–H and O–H groups in total. The third-order valence-electron chi connectivity index (χ3n) is 2.86. The maximum Gasteiger partial charge on any atom is 0.246 e. The molecule has 0 rings (SSSR count). The Morgan fingerprint density at radius 2 is 1.72 bits per heavy atom. The number of amides is 1. The molecular weight excluding hydrogens is 226 g/mol. The maximum atomic E-state index is 12.4.